The molecule has 0 atom stereocenters. The molecule has 0 unspecified atom stereocenters. The molecule has 0 aliphatic rings. The summed E-state index contributed by atoms with van der Waals surface area (Å²) in [6.45, 7) is 3.40. The smallest absolute Gasteiger partial charge is 1.00 e. The van der Waals surface area contributed by atoms with Crippen LogP contribution in [0.5, 0.6) is 0 Å². The van der Waals surface area contributed by atoms with Crippen LogP contribution in [-0.4, -0.2) is 41.4 Å². The van der Waals surface area contributed by atoms with Crippen LogP contribution in [0.2, 0.25) is 0 Å². The van der Waals surface area contributed by atoms with Gasteiger partial charge in [-0.15, -0.1) is 0 Å². The Bertz CT molecular complexity index is 130. The van der Waals surface area contributed by atoms with Crippen molar-refractivity contribution in [3.05, 3.63) is 0 Å². The summed E-state index contributed by atoms with van der Waals surface area (Å²) in [5.41, 5.74) is 0. The fourth-order valence-corrected chi connectivity index (χ4v) is 0.415. The van der Waals surface area contributed by atoms with E-state index in [2.05, 4.69) is 4.74 Å². The molecule has 0 bridgehead atoms. The molecule has 0 aromatic rings. The molecule has 0 aromatic carbocycles. The Labute approximate surface area is 79.2 Å². The van der Waals surface area contributed by atoms with E-state index >= 15 is 0 Å². The summed E-state index contributed by atoms with van der Waals surface area (Å²) >= 11 is 0. The predicted molar refractivity (Wildman–Crippen MR) is 39.9 cm³/mol. The number of ether oxygens (including phenoxy) is 1. The second kappa shape index (κ2) is 7.02. The molecule has 0 amide bonds. The van der Waals surface area contributed by atoms with Gasteiger partial charge in [0.25, 0.3) is 0 Å². The summed E-state index contributed by atoms with van der Waals surface area (Å²) < 4.78 is 4.49. The zero-order valence-corrected chi connectivity index (χ0v) is 7.76. The van der Waals surface area contributed by atoms with Crippen molar-refractivity contribution in [2.45, 2.75) is 20.3 Å². The zero-order chi connectivity index (χ0) is 7.28. The van der Waals surface area contributed by atoms with Crippen molar-refractivity contribution in [3.63, 3.8) is 0 Å². The number of hydrogen-bond donors (Lipinski definition) is 0. The van der Waals surface area contributed by atoms with Crippen molar-refractivity contribution in [1.82, 2.24) is 0 Å². The Kier molecular flexibility index (Phi) is 8.82. The van der Waals surface area contributed by atoms with E-state index in [1.54, 1.807) is 6.92 Å². The Hall–Kier alpha value is -0.0938. The summed E-state index contributed by atoms with van der Waals surface area (Å²) in [6, 6.07) is 0. The average molecular weight is 156 g/mol. The monoisotopic (exact) mass is 156 g/mol. The first-order valence-electron chi connectivity index (χ1n) is 2.82. The summed E-state index contributed by atoms with van der Waals surface area (Å²) in [5.74, 6) is -0.599. The van der Waals surface area contributed by atoms with Gasteiger partial charge in [-0.25, -0.2) is 0 Å². The minimum absolute atomic E-state index is 0. The van der Waals surface area contributed by atoms with Gasteiger partial charge in [0.1, 0.15) is 12.2 Å². The van der Waals surface area contributed by atoms with E-state index in [4.69, 9.17) is 0 Å². The van der Waals surface area contributed by atoms with E-state index in [1.807, 2.05) is 0 Å². The molecule has 0 heterocycles. The maximum Gasteiger partial charge on any atom is 2.00 e. The quantitative estimate of drug-likeness (QED) is 0.337. The molecule has 56 valence electrons. The fraction of sp³-hybridized carbons (Fsp3) is 0.667. The first-order valence-corrected chi connectivity index (χ1v) is 2.82. The predicted octanol–water partition coefficient (Wildman–Crippen LogP) is 0.373. The molecule has 0 saturated heterocycles. The van der Waals surface area contributed by atoms with Crippen LogP contribution >= 0.6 is 0 Å². The first kappa shape index (κ1) is 12.6. The van der Waals surface area contributed by atoms with Gasteiger partial charge in [0, 0.05) is 0 Å². The summed E-state index contributed by atoms with van der Waals surface area (Å²) in [5, 5.41) is 0. The molecular weight excluding hydrogens is 144 g/mol. The van der Waals surface area contributed by atoms with Gasteiger partial charge in [0.15, 0.2) is 0 Å². The molecule has 0 N–H and O–H groups in total. The molecule has 0 aliphatic carbocycles. The van der Waals surface area contributed by atoms with Gasteiger partial charge >= 0.3 is 29.0 Å². The summed E-state index contributed by atoms with van der Waals surface area (Å²) in [4.78, 5) is 20.6. The average Bonchev–Trinajstić information content (AvgIpc) is 1.63. The number of hydrogen-bond acceptors (Lipinski definition) is 3. The molecular formula is C6H12MgO3. The topological polar surface area (TPSA) is 43.4 Å². The third-order valence-corrected chi connectivity index (χ3v) is 0.699. The summed E-state index contributed by atoms with van der Waals surface area (Å²) in [6.07, 6.45) is -0.103. The molecule has 0 fully saturated rings. The minimum Gasteiger partial charge on any atom is -1.00 e. The van der Waals surface area contributed by atoms with Gasteiger partial charge in [-0.2, -0.15) is 0 Å². The molecule has 0 radical (unpaired) electrons. The molecule has 3 nitrogen and oxygen atoms in total. The van der Waals surface area contributed by atoms with Crippen LogP contribution in [0.4, 0.5) is 0 Å². The van der Waals surface area contributed by atoms with E-state index in [0.29, 0.717) is 6.61 Å². The first-order chi connectivity index (χ1) is 4.16. The summed E-state index contributed by atoms with van der Waals surface area (Å²) in [7, 11) is 0. The van der Waals surface area contributed by atoms with Crippen LogP contribution in [0.15, 0.2) is 0 Å². The largest absolute Gasteiger partial charge is 2.00 e. The maximum atomic E-state index is 10.4. The number of ketones is 1. The van der Waals surface area contributed by atoms with Crippen molar-refractivity contribution in [1.29, 1.82) is 0 Å². The van der Waals surface area contributed by atoms with Gasteiger partial charge < -0.3 is 7.59 Å². The Morgan fingerprint density at radius 3 is 2.30 bits per heavy atom. The third-order valence-electron chi connectivity index (χ3n) is 0.699. The van der Waals surface area contributed by atoms with Crippen LogP contribution < -0.4 is 0 Å². The maximum absolute atomic E-state index is 10.4. The standard InChI is InChI=1S/C6H10O3.Mg.2H/c1-3-9-6(8)4-5(2)7;;;/h3-4H2,1-2H3;;;/q;+2;2*-1. The normalized spacial score (nSPS) is 7.80. The van der Waals surface area contributed by atoms with Gasteiger partial charge in [0.2, 0.25) is 0 Å². The van der Waals surface area contributed by atoms with Crippen LogP contribution in [0.3, 0.4) is 0 Å². The number of carbonyl (C=O) groups excluding carboxylic acids is 2. The second-order valence-corrected chi connectivity index (χ2v) is 1.68. The number of rotatable bonds is 3. The van der Waals surface area contributed by atoms with E-state index in [-0.39, 0.29) is 38.1 Å². The molecule has 0 aromatic heterocycles. The van der Waals surface area contributed by atoms with Crippen LogP contribution in [0, 0.1) is 0 Å². The molecule has 0 saturated carbocycles. The van der Waals surface area contributed by atoms with Crippen LogP contribution in [0.25, 0.3) is 0 Å². The van der Waals surface area contributed by atoms with Crippen LogP contribution in [-0.2, 0) is 14.3 Å². The van der Waals surface area contributed by atoms with Gasteiger partial charge in [-0.1, -0.05) is 0 Å². The third kappa shape index (κ3) is 7.91. The fourth-order valence-electron chi connectivity index (χ4n) is 0.415. The number of esters is 1. The minimum atomic E-state index is -0.440. The van der Waals surface area contributed by atoms with Gasteiger partial charge in [0.05, 0.1) is 6.61 Å². The molecule has 0 spiro atoms. The SMILES string of the molecule is CCOC(=O)CC(C)=O.[H-].[H-].[Mg+2]. The van der Waals surface area contributed by atoms with Crippen molar-refractivity contribution >= 4 is 34.8 Å². The Morgan fingerprint density at radius 1 is 1.50 bits per heavy atom. The van der Waals surface area contributed by atoms with Gasteiger partial charge in [-0.3, -0.25) is 9.59 Å². The number of Topliss-reactive ketones (excluding diaryl/α,β-unsaturated/α-hetero) is 1. The zero-order valence-electron chi connectivity index (χ0n) is 8.35. The van der Waals surface area contributed by atoms with Crippen molar-refractivity contribution in [2.75, 3.05) is 6.61 Å². The van der Waals surface area contributed by atoms with Crippen molar-refractivity contribution < 1.29 is 17.2 Å². The van der Waals surface area contributed by atoms with Crippen LogP contribution in [0.1, 0.15) is 23.1 Å². The van der Waals surface area contributed by atoms with E-state index in [0.717, 1.165) is 0 Å². The number of carbonyl (C=O) groups is 2. The molecule has 4 heteroatoms. The van der Waals surface area contributed by atoms with E-state index < -0.39 is 5.97 Å². The molecule has 0 rings (SSSR count). The van der Waals surface area contributed by atoms with E-state index in [9.17, 15) is 9.59 Å². The second-order valence-electron chi connectivity index (χ2n) is 1.68. The Morgan fingerprint density at radius 2 is 2.00 bits per heavy atom. The van der Waals surface area contributed by atoms with Gasteiger partial charge in [-0.05, 0) is 13.8 Å². The van der Waals surface area contributed by atoms with Crippen molar-refractivity contribution in [2.24, 2.45) is 0 Å². The molecule has 0 aliphatic heterocycles. The van der Waals surface area contributed by atoms with Crippen molar-refractivity contribution in [3.8, 4) is 0 Å². The molecule has 10 heavy (non-hydrogen) atoms. The Balaban J connectivity index is -0.000000107. The van der Waals surface area contributed by atoms with E-state index in [1.165, 1.54) is 6.92 Å².